The number of aromatic nitrogens is 1. The number of benzene rings is 2. The van der Waals surface area contributed by atoms with Crippen LogP contribution in [0.2, 0.25) is 5.02 Å². The Morgan fingerprint density at radius 2 is 1.58 bits per heavy atom. The number of hydrogen-bond acceptors (Lipinski definition) is 5. The zero-order chi connectivity index (χ0) is 22.2. The topological polar surface area (TPSA) is 59.5 Å². The summed E-state index contributed by atoms with van der Waals surface area (Å²) in [7, 11) is -4.58. The van der Waals surface area contributed by atoms with Gasteiger partial charge < -0.3 is 0 Å². The number of hydroxylamine groups is 1. The van der Waals surface area contributed by atoms with Crippen LogP contribution in [0.3, 0.4) is 0 Å². The molecule has 162 valence electrons. The zero-order valence-electron chi connectivity index (χ0n) is 15.8. The van der Waals surface area contributed by atoms with Crippen LogP contribution in [0.15, 0.2) is 84.0 Å². The summed E-state index contributed by atoms with van der Waals surface area (Å²) < 4.78 is 69.1. The fraction of sp³-hybridized carbons (Fsp3) is 0.190. The Labute approximate surface area is 181 Å². The van der Waals surface area contributed by atoms with Gasteiger partial charge in [-0.3, -0.25) is 4.84 Å². The van der Waals surface area contributed by atoms with E-state index in [9.17, 15) is 21.6 Å². The van der Waals surface area contributed by atoms with Crippen LogP contribution in [0, 0.1) is 0 Å². The number of halogens is 4. The number of anilines is 1. The third-order valence-corrected chi connectivity index (χ3v) is 7.32. The summed E-state index contributed by atoms with van der Waals surface area (Å²) >= 11 is 6.31. The lowest BCUT2D eigenvalue weighted by Crippen LogP contribution is -2.43. The van der Waals surface area contributed by atoms with Gasteiger partial charge in [-0.25, -0.2) is 18.5 Å². The molecule has 1 aliphatic heterocycles. The van der Waals surface area contributed by atoms with Gasteiger partial charge in [0, 0.05) is 11.2 Å². The molecule has 1 saturated heterocycles. The molecule has 0 radical (unpaired) electrons. The van der Waals surface area contributed by atoms with Crippen LogP contribution in [-0.2, 0) is 14.7 Å². The molecule has 0 unspecified atom stereocenters. The van der Waals surface area contributed by atoms with E-state index in [1.165, 1.54) is 42.6 Å². The Morgan fingerprint density at radius 1 is 0.935 bits per heavy atom. The number of alkyl halides is 3. The van der Waals surface area contributed by atoms with Gasteiger partial charge in [-0.2, -0.15) is 13.2 Å². The average Bonchev–Trinajstić information content (AvgIpc) is 3.17. The summed E-state index contributed by atoms with van der Waals surface area (Å²) in [6.07, 6.45) is -6.37. The monoisotopic (exact) mass is 468 g/mol. The number of sulfone groups is 1. The summed E-state index contributed by atoms with van der Waals surface area (Å²) in [4.78, 5) is 9.09. The first-order valence-electron chi connectivity index (χ1n) is 9.18. The van der Waals surface area contributed by atoms with Gasteiger partial charge in [0.05, 0.1) is 5.69 Å². The molecule has 0 saturated carbocycles. The van der Waals surface area contributed by atoms with E-state index in [2.05, 4.69) is 4.98 Å². The fourth-order valence-corrected chi connectivity index (χ4v) is 5.72. The third kappa shape index (κ3) is 4.00. The van der Waals surface area contributed by atoms with E-state index in [0.29, 0.717) is 0 Å². The van der Waals surface area contributed by atoms with E-state index >= 15 is 0 Å². The number of hydrogen-bond donors (Lipinski definition) is 0. The lowest BCUT2D eigenvalue weighted by atomic mass is 10.00. The van der Waals surface area contributed by atoms with Crippen LogP contribution < -0.4 is 5.06 Å². The highest BCUT2D eigenvalue weighted by Crippen LogP contribution is 2.48. The van der Waals surface area contributed by atoms with Crippen molar-refractivity contribution in [2.75, 3.05) is 5.06 Å². The van der Waals surface area contributed by atoms with E-state index in [1.54, 1.807) is 30.3 Å². The summed E-state index contributed by atoms with van der Waals surface area (Å²) in [6.45, 7) is 0. The highest BCUT2D eigenvalue weighted by Gasteiger charge is 2.62. The van der Waals surface area contributed by atoms with Crippen molar-refractivity contribution in [3.05, 3.63) is 89.6 Å². The minimum atomic E-state index is -4.96. The first kappa shape index (κ1) is 21.6. The first-order chi connectivity index (χ1) is 14.7. The van der Waals surface area contributed by atoms with Crippen molar-refractivity contribution >= 4 is 27.1 Å². The molecular weight excluding hydrogens is 453 g/mol. The number of nitrogens with zero attached hydrogens (tertiary/aromatic N) is 2. The molecule has 3 aromatic rings. The number of rotatable bonds is 4. The van der Waals surface area contributed by atoms with Crippen molar-refractivity contribution < 1.29 is 26.4 Å². The first-order valence-corrected chi connectivity index (χ1v) is 11.1. The molecule has 0 N–H and O–H groups in total. The van der Waals surface area contributed by atoms with Crippen LogP contribution in [-0.4, -0.2) is 30.9 Å². The number of pyridine rings is 1. The number of para-hydroxylation sites is 1. The third-order valence-electron chi connectivity index (χ3n) is 4.93. The second-order valence-electron chi connectivity index (χ2n) is 6.87. The molecule has 1 aromatic heterocycles. The van der Waals surface area contributed by atoms with Gasteiger partial charge >= 0.3 is 6.18 Å². The van der Waals surface area contributed by atoms with E-state index in [4.69, 9.17) is 16.4 Å². The minimum Gasteiger partial charge on any atom is -0.258 e. The molecule has 2 aromatic carbocycles. The van der Waals surface area contributed by atoms with E-state index in [1.807, 2.05) is 0 Å². The van der Waals surface area contributed by atoms with Gasteiger partial charge in [-0.15, -0.1) is 0 Å². The predicted octanol–water partition coefficient (Wildman–Crippen LogP) is 5.00. The molecule has 0 spiro atoms. The van der Waals surface area contributed by atoms with Crippen LogP contribution in [0.5, 0.6) is 0 Å². The molecule has 31 heavy (non-hydrogen) atoms. The Balaban J connectivity index is 1.96. The lowest BCUT2D eigenvalue weighted by molar-refractivity contribution is -0.208. The van der Waals surface area contributed by atoms with Crippen molar-refractivity contribution in [3.8, 4) is 0 Å². The molecule has 1 aliphatic rings. The van der Waals surface area contributed by atoms with E-state index in [-0.39, 0.29) is 16.3 Å². The van der Waals surface area contributed by atoms with Gasteiger partial charge in [0.25, 0.3) is 0 Å². The Hall–Kier alpha value is -2.62. The summed E-state index contributed by atoms with van der Waals surface area (Å²) in [5.41, 5.74) is 0.463. The maximum absolute atomic E-state index is 14.1. The predicted molar refractivity (Wildman–Crippen MR) is 109 cm³/mol. The van der Waals surface area contributed by atoms with Gasteiger partial charge in [0.1, 0.15) is 11.3 Å². The summed E-state index contributed by atoms with van der Waals surface area (Å²) in [6, 6.07) is 16.8. The van der Waals surface area contributed by atoms with E-state index < -0.39 is 38.4 Å². The van der Waals surface area contributed by atoms with Crippen molar-refractivity contribution in [2.24, 2.45) is 0 Å². The molecule has 0 amide bonds. The molecule has 2 heterocycles. The SMILES string of the molecule is O=S(=O)(c1ccccn1)[C@@H]1[C@@H](c2ccccc2Cl)N(c2ccccc2)O[C@H]1C(F)(F)F. The Morgan fingerprint density at radius 3 is 2.19 bits per heavy atom. The van der Waals surface area contributed by atoms with Gasteiger partial charge in [-0.05, 0) is 35.9 Å². The smallest absolute Gasteiger partial charge is 0.258 e. The summed E-state index contributed by atoms with van der Waals surface area (Å²) in [5.74, 6) is 0. The van der Waals surface area contributed by atoms with Crippen molar-refractivity contribution in [2.45, 2.75) is 28.6 Å². The van der Waals surface area contributed by atoms with Crippen LogP contribution in [0.4, 0.5) is 18.9 Å². The van der Waals surface area contributed by atoms with Crippen LogP contribution in [0.25, 0.3) is 0 Å². The molecule has 1 fully saturated rings. The van der Waals surface area contributed by atoms with Crippen LogP contribution >= 0.6 is 11.6 Å². The average molecular weight is 469 g/mol. The molecule has 3 atom stereocenters. The molecule has 5 nitrogen and oxygen atoms in total. The quantitative estimate of drug-likeness (QED) is 0.539. The standard InChI is InChI=1S/C21H16ClF3N2O3S/c22-16-11-5-4-10-15(16)18-19(31(28,29)17-12-6-7-13-26-17)20(21(23,24)25)30-27(18)14-8-2-1-3-9-14/h1-13,18-20H/t18-,19-,20-/m1/s1. The van der Waals surface area contributed by atoms with E-state index in [0.717, 1.165) is 11.1 Å². The molecule has 4 rings (SSSR count). The highest BCUT2D eigenvalue weighted by molar-refractivity contribution is 7.92. The van der Waals surface area contributed by atoms with Crippen molar-refractivity contribution in [1.82, 2.24) is 4.98 Å². The van der Waals surface area contributed by atoms with Crippen LogP contribution in [0.1, 0.15) is 11.6 Å². The largest absolute Gasteiger partial charge is 0.418 e. The highest BCUT2D eigenvalue weighted by atomic mass is 35.5. The normalized spacial score (nSPS) is 21.9. The molecule has 10 heteroatoms. The second kappa shape index (κ2) is 8.14. The molecule has 0 bridgehead atoms. The van der Waals surface area contributed by atoms with Gasteiger partial charge in [0.15, 0.2) is 5.03 Å². The van der Waals surface area contributed by atoms with Crippen molar-refractivity contribution in [1.29, 1.82) is 0 Å². The van der Waals surface area contributed by atoms with Crippen molar-refractivity contribution in [3.63, 3.8) is 0 Å². The Bertz CT molecular complexity index is 1160. The zero-order valence-corrected chi connectivity index (χ0v) is 17.3. The van der Waals surface area contributed by atoms with Gasteiger partial charge in [-0.1, -0.05) is 54.1 Å². The fourth-order valence-electron chi connectivity index (χ4n) is 3.59. The minimum absolute atomic E-state index is 0.126. The maximum atomic E-state index is 14.1. The molecule has 0 aliphatic carbocycles. The second-order valence-corrected chi connectivity index (χ2v) is 9.33. The Kier molecular flexibility index (Phi) is 5.67. The van der Waals surface area contributed by atoms with Gasteiger partial charge in [0.2, 0.25) is 15.9 Å². The molecular formula is C21H16ClF3N2O3S. The summed E-state index contributed by atoms with van der Waals surface area (Å²) in [5, 5.41) is -1.40. The lowest BCUT2D eigenvalue weighted by Gasteiger charge is -2.28. The maximum Gasteiger partial charge on any atom is 0.418 e.